The quantitative estimate of drug-likeness (QED) is 0.472. The molecule has 0 radical (unpaired) electrons. The summed E-state index contributed by atoms with van der Waals surface area (Å²) in [4.78, 5) is 14.4. The minimum absolute atomic E-state index is 0.188. The number of phenols is 1. The van der Waals surface area contributed by atoms with Crippen LogP contribution in [0.3, 0.4) is 0 Å². The summed E-state index contributed by atoms with van der Waals surface area (Å²) in [6.07, 6.45) is 3.38. The van der Waals surface area contributed by atoms with Gasteiger partial charge >= 0.3 is 0 Å². The van der Waals surface area contributed by atoms with Gasteiger partial charge in [-0.2, -0.15) is 0 Å². The zero-order valence-electron chi connectivity index (χ0n) is 8.07. The van der Waals surface area contributed by atoms with Crippen molar-refractivity contribution in [3.63, 3.8) is 0 Å². The van der Waals surface area contributed by atoms with Gasteiger partial charge in [0.1, 0.15) is 5.75 Å². The summed E-state index contributed by atoms with van der Waals surface area (Å²) in [6.45, 7) is 2.00. The lowest BCUT2D eigenvalue weighted by Gasteiger charge is -2.08. The second kappa shape index (κ2) is 4.84. The van der Waals surface area contributed by atoms with Crippen LogP contribution in [0.15, 0.2) is 22.0 Å². The average molecular weight is 209 g/mol. The number of aliphatic imine (C=N–C) groups is 1. The Morgan fingerprint density at radius 1 is 1.57 bits per heavy atom. The molecule has 14 heavy (non-hydrogen) atoms. The Kier molecular flexibility index (Phi) is 3.74. The van der Waals surface area contributed by atoms with Crippen LogP contribution in [0, 0.1) is 6.92 Å². The Balaban J connectivity index is 3.20. The molecule has 0 amide bonds. The van der Waals surface area contributed by atoms with Crippen molar-refractivity contribution in [3.8, 4) is 5.75 Å². The van der Waals surface area contributed by atoms with E-state index < -0.39 is 0 Å². The summed E-state index contributed by atoms with van der Waals surface area (Å²) in [6, 6.07) is 3.75. The molecule has 0 spiro atoms. The fourth-order valence-corrected chi connectivity index (χ4v) is 1.80. The lowest BCUT2D eigenvalue weighted by atomic mass is 10.1. The van der Waals surface area contributed by atoms with Crippen LogP contribution in [0.1, 0.15) is 11.1 Å². The van der Waals surface area contributed by atoms with Crippen LogP contribution in [0.4, 0.5) is 0 Å². The van der Waals surface area contributed by atoms with Gasteiger partial charge < -0.3 is 5.11 Å². The minimum Gasteiger partial charge on any atom is -0.507 e. The first kappa shape index (κ1) is 10.8. The molecule has 1 rings (SSSR count). The van der Waals surface area contributed by atoms with Gasteiger partial charge in [-0.15, -0.1) is 11.8 Å². The Labute approximate surface area is 86.9 Å². The van der Waals surface area contributed by atoms with Crippen molar-refractivity contribution in [2.24, 2.45) is 4.99 Å². The number of hydrogen-bond acceptors (Lipinski definition) is 4. The predicted octanol–water partition coefficient (Wildman–Crippen LogP) is 2.26. The van der Waals surface area contributed by atoms with Crippen molar-refractivity contribution < 1.29 is 9.90 Å². The number of aromatic hydroxyl groups is 1. The minimum atomic E-state index is 0.188. The molecular weight excluding hydrogens is 198 g/mol. The van der Waals surface area contributed by atoms with Crippen LogP contribution < -0.4 is 0 Å². The molecule has 0 saturated carbocycles. The molecule has 0 heterocycles. The van der Waals surface area contributed by atoms with Gasteiger partial charge in [0.25, 0.3) is 0 Å². The van der Waals surface area contributed by atoms with Crippen LogP contribution in [-0.4, -0.2) is 17.4 Å². The first-order chi connectivity index (χ1) is 6.70. The molecule has 0 aliphatic heterocycles. The number of nitrogens with zero attached hydrogens (tertiary/aromatic N) is 1. The molecule has 0 atom stereocenters. The Morgan fingerprint density at radius 2 is 2.29 bits per heavy atom. The zero-order valence-corrected chi connectivity index (χ0v) is 8.89. The molecule has 0 fully saturated rings. The lowest BCUT2D eigenvalue weighted by Crippen LogP contribution is -1.89. The number of hydrogen-bond donors (Lipinski definition) is 1. The first-order valence-corrected chi connectivity index (χ1v) is 5.32. The number of aryl methyl sites for hydroxylation is 1. The number of thioether (sulfide) groups is 1. The molecule has 74 valence electrons. The summed E-state index contributed by atoms with van der Waals surface area (Å²) in [5.74, 6) is 0.218. The van der Waals surface area contributed by atoms with Crippen molar-refractivity contribution in [2.45, 2.75) is 18.4 Å². The van der Waals surface area contributed by atoms with E-state index >= 15 is 0 Å². The molecule has 1 aromatic rings. The van der Waals surface area contributed by atoms with E-state index in [1.807, 2.05) is 25.3 Å². The van der Waals surface area contributed by atoms with Crippen molar-refractivity contribution in [1.82, 2.24) is 0 Å². The van der Waals surface area contributed by atoms with E-state index in [-0.39, 0.29) is 12.3 Å². The third kappa shape index (κ3) is 2.16. The Bertz CT molecular complexity index is 384. The third-order valence-electron chi connectivity index (χ3n) is 1.96. The Hall–Kier alpha value is -1.25. The topological polar surface area (TPSA) is 49.7 Å². The third-order valence-corrected chi connectivity index (χ3v) is 2.79. The fraction of sp³-hybridized carbons (Fsp3) is 0.300. The monoisotopic (exact) mass is 209 g/mol. The number of carbonyl (C=O) groups excluding carboxylic acids is 1. The van der Waals surface area contributed by atoms with Crippen molar-refractivity contribution in [3.05, 3.63) is 23.3 Å². The fourth-order valence-electron chi connectivity index (χ4n) is 1.19. The summed E-state index contributed by atoms with van der Waals surface area (Å²) < 4.78 is 0. The summed E-state index contributed by atoms with van der Waals surface area (Å²) in [5.41, 5.74) is 1.49. The van der Waals surface area contributed by atoms with E-state index in [0.717, 1.165) is 10.5 Å². The highest BCUT2D eigenvalue weighted by molar-refractivity contribution is 7.98. The van der Waals surface area contributed by atoms with Gasteiger partial charge in [0.15, 0.2) is 0 Å². The van der Waals surface area contributed by atoms with Gasteiger partial charge in [0.05, 0.1) is 6.54 Å². The largest absolute Gasteiger partial charge is 0.507 e. The van der Waals surface area contributed by atoms with E-state index in [1.165, 1.54) is 17.8 Å². The first-order valence-electron chi connectivity index (χ1n) is 4.09. The second-order valence-corrected chi connectivity index (χ2v) is 3.67. The van der Waals surface area contributed by atoms with E-state index in [4.69, 9.17) is 0 Å². The smallest absolute Gasteiger partial charge is 0.235 e. The molecule has 0 aliphatic carbocycles. The Morgan fingerprint density at radius 3 is 2.86 bits per heavy atom. The number of phenolic OH excluding ortho intramolecular Hbond substituents is 1. The standard InChI is InChI=1S/C10H11NO2S/c1-7-3-4-9(14-2)8(10(7)13)5-11-6-12/h3-4,13H,5H2,1-2H3. The zero-order chi connectivity index (χ0) is 10.6. The highest BCUT2D eigenvalue weighted by atomic mass is 32.2. The van der Waals surface area contributed by atoms with E-state index in [2.05, 4.69) is 4.99 Å². The van der Waals surface area contributed by atoms with Gasteiger partial charge in [-0.3, -0.25) is 0 Å². The van der Waals surface area contributed by atoms with Gasteiger partial charge in [-0.1, -0.05) is 6.07 Å². The molecule has 1 N–H and O–H groups in total. The number of rotatable bonds is 3. The molecule has 0 bridgehead atoms. The summed E-state index contributed by atoms with van der Waals surface area (Å²) >= 11 is 1.52. The molecule has 0 aliphatic rings. The van der Waals surface area contributed by atoms with Crippen molar-refractivity contribution >= 4 is 17.8 Å². The van der Waals surface area contributed by atoms with Gasteiger partial charge in [-0.25, -0.2) is 9.79 Å². The number of isocyanates is 1. The van der Waals surface area contributed by atoms with Gasteiger partial charge in [-0.05, 0) is 24.8 Å². The lowest BCUT2D eigenvalue weighted by molar-refractivity contribution is 0.461. The highest BCUT2D eigenvalue weighted by Gasteiger charge is 2.08. The van der Waals surface area contributed by atoms with Gasteiger partial charge in [0.2, 0.25) is 6.08 Å². The van der Waals surface area contributed by atoms with Crippen LogP contribution >= 0.6 is 11.8 Å². The molecule has 1 aromatic carbocycles. The average Bonchev–Trinajstić information content (AvgIpc) is 2.20. The van der Waals surface area contributed by atoms with Crippen molar-refractivity contribution in [2.75, 3.05) is 6.26 Å². The summed E-state index contributed by atoms with van der Waals surface area (Å²) in [5, 5.41) is 9.73. The summed E-state index contributed by atoms with van der Waals surface area (Å²) in [7, 11) is 0. The maximum Gasteiger partial charge on any atom is 0.235 e. The predicted molar refractivity (Wildman–Crippen MR) is 56.5 cm³/mol. The molecule has 4 heteroatoms. The molecule has 0 saturated heterocycles. The molecule has 0 unspecified atom stereocenters. The normalized spacial score (nSPS) is 9.57. The second-order valence-electron chi connectivity index (χ2n) is 2.82. The van der Waals surface area contributed by atoms with E-state index in [1.54, 1.807) is 0 Å². The van der Waals surface area contributed by atoms with Crippen LogP contribution in [0.25, 0.3) is 0 Å². The number of benzene rings is 1. The maximum atomic E-state index is 9.99. The van der Waals surface area contributed by atoms with Crippen molar-refractivity contribution in [1.29, 1.82) is 0 Å². The highest BCUT2D eigenvalue weighted by Crippen LogP contribution is 2.31. The SMILES string of the molecule is CSc1ccc(C)c(O)c1CN=C=O. The molecule has 3 nitrogen and oxygen atoms in total. The van der Waals surface area contributed by atoms with Crippen LogP contribution in [0.2, 0.25) is 0 Å². The van der Waals surface area contributed by atoms with E-state index in [0.29, 0.717) is 5.56 Å². The molecular formula is C10H11NO2S. The van der Waals surface area contributed by atoms with Gasteiger partial charge in [0, 0.05) is 10.5 Å². The molecule has 0 aromatic heterocycles. The van der Waals surface area contributed by atoms with Crippen LogP contribution in [-0.2, 0) is 11.3 Å². The van der Waals surface area contributed by atoms with E-state index in [9.17, 15) is 9.90 Å². The van der Waals surface area contributed by atoms with Crippen LogP contribution in [0.5, 0.6) is 5.75 Å². The maximum absolute atomic E-state index is 9.99.